The molecule has 0 spiro atoms. The second-order valence-electron chi connectivity index (χ2n) is 4.33. The summed E-state index contributed by atoms with van der Waals surface area (Å²) in [5.41, 5.74) is 5.63. The van der Waals surface area contributed by atoms with E-state index < -0.39 is 0 Å². The van der Waals surface area contributed by atoms with Crippen molar-refractivity contribution in [3.8, 4) is 0 Å². The van der Waals surface area contributed by atoms with E-state index >= 15 is 0 Å². The van der Waals surface area contributed by atoms with Crippen LogP contribution < -0.4 is 11.1 Å². The van der Waals surface area contributed by atoms with E-state index in [2.05, 4.69) is 5.32 Å². The number of aliphatic hydroxyl groups excluding tert-OH is 1. The van der Waals surface area contributed by atoms with E-state index in [0.29, 0.717) is 12.5 Å². The highest BCUT2D eigenvalue weighted by Crippen LogP contribution is 2.31. The first kappa shape index (κ1) is 12.5. The molecule has 1 rings (SSSR count). The summed E-state index contributed by atoms with van der Waals surface area (Å²) in [6.07, 6.45) is 3.86. The van der Waals surface area contributed by atoms with Crippen LogP contribution in [0.2, 0.25) is 0 Å². The Bertz CT molecular complexity index is 205. The third-order valence-electron chi connectivity index (χ3n) is 3.36. The molecule has 3 atom stereocenters. The molecule has 0 aliphatic heterocycles. The number of hydrogen-bond donors (Lipinski definition) is 3. The summed E-state index contributed by atoms with van der Waals surface area (Å²) >= 11 is 0. The van der Waals surface area contributed by atoms with Gasteiger partial charge in [0.05, 0.1) is 12.6 Å². The lowest BCUT2D eigenvalue weighted by Crippen LogP contribution is -2.42. The monoisotopic (exact) mass is 214 g/mol. The summed E-state index contributed by atoms with van der Waals surface area (Å²) in [7, 11) is 0. The predicted molar refractivity (Wildman–Crippen MR) is 59.2 cm³/mol. The number of nitrogens with two attached hydrogens (primary N) is 1. The Kier molecular flexibility index (Phi) is 5.05. The third kappa shape index (κ3) is 3.18. The maximum absolute atomic E-state index is 11.9. The molecule has 0 saturated heterocycles. The van der Waals surface area contributed by atoms with Gasteiger partial charge in [0.25, 0.3) is 0 Å². The standard InChI is InChI=1S/C11H22N2O2/c1-2-9(7-14)13-11(15)10-5-3-4-8(10)6-12/h8-10,14H,2-7,12H2,1H3,(H,13,15). The molecule has 3 unspecified atom stereocenters. The number of aliphatic hydroxyl groups is 1. The third-order valence-corrected chi connectivity index (χ3v) is 3.36. The summed E-state index contributed by atoms with van der Waals surface area (Å²) in [5.74, 6) is 0.473. The number of nitrogens with one attached hydrogen (secondary N) is 1. The smallest absolute Gasteiger partial charge is 0.223 e. The molecule has 0 aromatic carbocycles. The van der Waals surface area contributed by atoms with Crippen molar-refractivity contribution in [3.63, 3.8) is 0 Å². The maximum atomic E-state index is 11.9. The van der Waals surface area contributed by atoms with E-state index in [-0.39, 0.29) is 24.5 Å². The molecular formula is C11H22N2O2. The van der Waals surface area contributed by atoms with Crippen molar-refractivity contribution in [2.24, 2.45) is 17.6 Å². The van der Waals surface area contributed by atoms with Gasteiger partial charge in [-0.1, -0.05) is 13.3 Å². The Morgan fingerprint density at radius 1 is 1.60 bits per heavy atom. The lowest BCUT2D eigenvalue weighted by molar-refractivity contribution is -0.127. The van der Waals surface area contributed by atoms with Gasteiger partial charge in [-0.2, -0.15) is 0 Å². The van der Waals surface area contributed by atoms with Crippen LogP contribution in [0.15, 0.2) is 0 Å². The average molecular weight is 214 g/mol. The molecule has 4 N–H and O–H groups in total. The molecule has 15 heavy (non-hydrogen) atoms. The molecule has 1 saturated carbocycles. The first-order valence-electron chi connectivity index (χ1n) is 5.84. The zero-order valence-electron chi connectivity index (χ0n) is 9.41. The van der Waals surface area contributed by atoms with E-state index in [1.807, 2.05) is 6.92 Å². The van der Waals surface area contributed by atoms with Gasteiger partial charge in [0.2, 0.25) is 5.91 Å². The van der Waals surface area contributed by atoms with Gasteiger partial charge < -0.3 is 16.2 Å². The van der Waals surface area contributed by atoms with Crippen LogP contribution in [0.5, 0.6) is 0 Å². The lowest BCUT2D eigenvalue weighted by Gasteiger charge is -2.21. The van der Waals surface area contributed by atoms with Gasteiger partial charge >= 0.3 is 0 Å². The average Bonchev–Trinajstić information content (AvgIpc) is 2.73. The zero-order valence-corrected chi connectivity index (χ0v) is 9.41. The normalized spacial score (nSPS) is 27.7. The molecule has 88 valence electrons. The highest BCUT2D eigenvalue weighted by atomic mass is 16.3. The van der Waals surface area contributed by atoms with Gasteiger partial charge in [0.15, 0.2) is 0 Å². The summed E-state index contributed by atoms with van der Waals surface area (Å²) < 4.78 is 0. The summed E-state index contributed by atoms with van der Waals surface area (Å²) in [6, 6.07) is -0.100. The topological polar surface area (TPSA) is 75.3 Å². The van der Waals surface area contributed by atoms with Crippen LogP contribution in [0.3, 0.4) is 0 Å². The van der Waals surface area contributed by atoms with Crippen LogP contribution in [-0.4, -0.2) is 30.2 Å². The molecule has 0 aromatic rings. The summed E-state index contributed by atoms with van der Waals surface area (Å²) in [4.78, 5) is 11.9. The molecule has 1 aliphatic rings. The second-order valence-corrected chi connectivity index (χ2v) is 4.33. The maximum Gasteiger partial charge on any atom is 0.223 e. The van der Waals surface area contributed by atoms with Crippen molar-refractivity contribution in [2.75, 3.05) is 13.2 Å². The van der Waals surface area contributed by atoms with E-state index in [1.54, 1.807) is 0 Å². The van der Waals surface area contributed by atoms with Gasteiger partial charge in [0.1, 0.15) is 0 Å². The van der Waals surface area contributed by atoms with Crippen molar-refractivity contribution in [3.05, 3.63) is 0 Å². The van der Waals surface area contributed by atoms with Crippen molar-refractivity contribution in [1.29, 1.82) is 0 Å². The fourth-order valence-electron chi connectivity index (χ4n) is 2.25. The van der Waals surface area contributed by atoms with Crippen molar-refractivity contribution < 1.29 is 9.90 Å². The summed E-state index contributed by atoms with van der Waals surface area (Å²) in [6.45, 7) is 2.56. The molecule has 1 aliphatic carbocycles. The minimum atomic E-state index is -0.100. The number of carbonyl (C=O) groups excluding carboxylic acids is 1. The number of amides is 1. The largest absolute Gasteiger partial charge is 0.394 e. The van der Waals surface area contributed by atoms with Crippen LogP contribution in [0, 0.1) is 11.8 Å². The van der Waals surface area contributed by atoms with Crippen molar-refractivity contribution in [1.82, 2.24) is 5.32 Å². The molecular weight excluding hydrogens is 192 g/mol. The van der Waals surface area contributed by atoms with Crippen LogP contribution in [0.1, 0.15) is 32.6 Å². The molecule has 4 nitrogen and oxygen atoms in total. The van der Waals surface area contributed by atoms with Crippen LogP contribution in [0.4, 0.5) is 0 Å². The molecule has 0 heterocycles. The minimum absolute atomic E-state index is 0.0161. The fraction of sp³-hybridized carbons (Fsp3) is 0.909. The number of hydrogen-bond acceptors (Lipinski definition) is 3. The van der Waals surface area contributed by atoms with E-state index in [1.165, 1.54) is 0 Å². The molecule has 0 aromatic heterocycles. The lowest BCUT2D eigenvalue weighted by atomic mass is 9.95. The highest BCUT2D eigenvalue weighted by molar-refractivity contribution is 5.79. The van der Waals surface area contributed by atoms with Gasteiger partial charge in [0, 0.05) is 5.92 Å². The first-order valence-corrected chi connectivity index (χ1v) is 5.84. The minimum Gasteiger partial charge on any atom is -0.394 e. The van der Waals surface area contributed by atoms with Crippen LogP contribution >= 0.6 is 0 Å². The fourth-order valence-corrected chi connectivity index (χ4v) is 2.25. The van der Waals surface area contributed by atoms with E-state index in [0.717, 1.165) is 25.7 Å². The highest BCUT2D eigenvalue weighted by Gasteiger charge is 2.32. The molecule has 0 radical (unpaired) electrons. The molecule has 1 amide bonds. The second kappa shape index (κ2) is 6.08. The molecule has 0 bridgehead atoms. The quantitative estimate of drug-likeness (QED) is 0.614. The van der Waals surface area contributed by atoms with Crippen molar-refractivity contribution >= 4 is 5.91 Å². The first-order chi connectivity index (χ1) is 7.22. The van der Waals surface area contributed by atoms with Crippen LogP contribution in [-0.2, 0) is 4.79 Å². The predicted octanol–water partition coefficient (Wildman–Crippen LogP) is 0.249. The van der Waals surface area contributed by atoms with E-state index in [9.17, 15) is 4.79 Å². The van der Waals surface area contributed by atoms with E-state index in [4.69, 9.17) is 10.8 Å². The Hall–Kier alpha value is -0.610. The van der Waals surface area contributed by atoms with Gasteiger partial charge in [-0.3, -0.25) is 4.79 Å². The zero-order chi connectivity index (χ0) is 11.3. The SMILES string of the molecule is CCC(CO)NC(=O)C1CCCC1CN. The molecule has 1 fully saturated rings. The molecule has 4 heteroatoms. The van der Waals surface area contributed by atoms with Crippen molar-refractivity contribution in [2.45, 2.75) is 38.6 Å². The Morgan fingerprint density at radius 3 is 2.87 bits per heavy atom. The Morgan fingerprint density at radius 2 is 2.33 bits per heavy atom. The van der Waals surface area contributed by atoms with Gasteiger partial charge in [-0.15, -0.1) is 0 Å². The van der Waals surface area contributed by atoms with Gasteiger partial charge in [-0.25, -0.2) is 0 Å². The van der Waals surface area contributed by atoms with Crippen LogP contribution in [0.25, 0.3) is 0 Å². The van der Waals surface area contributed by atoms with Gasteiger partial charge in [-0.05, 0) is 31.7 Å². The Labute approximate surface area is 91.2 Å². The number of rotatable bonds is 5. The summed E-state index contributed by atoms with van der Waals surface area (Å²) in [5, 5.41) is 11.9. The number of carbonyl (C=O) groups is 1. The Balaban J connectivity index is 2.45.